The van der Waals surface area contributed by atoms with Crippen molar-refractivity contribution in [3.05, 3.63) is 0 Å². The highest BCUT2D eigenvalue weighted by Gasteiger charge is 2.23. The van der Waals surface area contributed by atoms with E-state index in [9.17, 15) is 0 Å². The minimum atomic E-state index is 0.688. The van der Waals surface area contributed by atoms with Gasteiger partial charge in [-0.25, -0.2) is 0 Å². The Morgan fingerprint density at radius 2 is 2.28 bits per heavy atom. The van der Waals surface area contributed by atoms with Crippen molar-refractivity contribution in [2.45, 2.75) is 45.6 Å². The zero-order chi connectivity index (χ0) is 12.8. The van der Waals surface area contributed by atoms with Crippen molar-refractivity contribution < 1.29 is 0 Å². The maximum absolute atomic E-state index is 4.48. The summed E-state index contributed by atoms with van der Waals surface area (Å²) in [5, 5.41) is 6.83. The van der Waals surface area contributed by atoms with E-state index in [2.05, 4.69) is 34.4 Å². The summed E-state index contributed by atoms with van der Waals surface area (Å²) < 4.78 is 0. The number of likely N-dealkylation sites (tertiary alicyclic amines) is 1. The number of nitrogens with zero attached hydrogens (tertiary/aromatic N) is 2. The lowest BCUT2D eigenvalue weighted by Crippen LogP contribution is -2.50. The average Bonchev–Trinajstić information content (AvgIpc) is 2.38. The molecule has 0 bridgehead atoms. The van der Waals surface area contributed by atoms with Crippen LogP contribution in [-0.2, 0) is 0 Å². The van der Waals surface area contributed by atoms with Crippen LogP contribution in [0.4, 0.5) is 0 Å². The first kappa shape index (κ1) is 13.7. The first-order valence-electron chi connectivity index (χ1n) is 7.52. The fourth-order valence-electron chi connectivity index (χ4n) is 2.87. The maximum Gasteiger partial charge on any atom is 0.191 e. The lowest BCUT2D eigenvalue weighted by Gasteiger charge is -2.37. The van der Waals surface area contributed by atoms with E-state index in [0.29, 0.717) is 6.04 Å². The molecule has 1 atom stereocenters. The van der Waals surface area contributed by atoms with Crippen molar-refractivity contribution in [2.24, 2.45) is 10.9 Å². The van der Waals surface area contributed by atoms with Gasteiger partial charge >= 0.3 is 0 Å². The Bertz CT molecular complexity index is 275. The molecule has 0 aromatic heterocycles. The molecule has 2 aliphatic rings. The Morgan fingerprint density at radius 3 is 3.00 bits per heavy atom. The van der Waals surface area contributed by atoms with Gasteiger partial charge in [-0.05, 0) is 31.7 Å². The smallest absolute Gasteiger partial charge is 0.191 e. The number of hydrogen-bond acceptors (Lipinski definition) is 4. The van der Waals surface area contributed by atoms with E-state index in [4.69, 9.17) is 0 Å². The summed E-state index contributed by atoms with van der Waals surface area (Å²) in [6.45, 7) is 10.2. The van der Waals surface area contributed by atoms with Gasteiger partial charge in [0.1, 0.15) is 0 Å². The molecule has 4 heteroatoms. The van der Waals surface area contributed by atoms with Gasteiger partial charge in [0.2, 0.25) is 0 Å². The predicted octanol–water partition coefficient (Wildman–Crippen LogP) is 1.44. The maximum atomic E-state index is 4.48. The number of guanidine groups is 1. The van der Waals surface area contributed by atoms with Crippen LogP contribution in [0.25, 0.3) is 0 Å². The molecule has 0 spiro atoms. The van der Waals surface area contributed by atoms with Gasteiger partial charge in [0.25, 0.3) is 0 Å². The largest absolute Gasteiger partial charge is 0.356 e. The molecule has 104 valence electrons. The van der Waals surface area contributed by atoms with E-state index in [1.807, 2.05) is 0 Å². The monoisotopic (exact) mass is 252 g/mol. The number of piperidine rings is 1. The Morgan fingerprint density at radius 1 is 1.39 bits per heavy atom. The van der Waals surface area contributed by atoms with Crippen LogP contribution in [0, 0.1) is 5.92 Å². The van der Waals surface area contributed by atoms with Gasteiger partial charge in [0.05, 0.1) is 0 Å². The van der Waals surface area contributed by atoms with E-state index >= 15 is 0 Å². The summed E-state index contributed by atoms with van der Waals surface area (Å²) in [7, 11) is 0. The molecule has 0 amide bonds. The van der Waals surface area contributed by atoms with Gasteiger partial charge in [-0.3, -0.25) is 9.89 Å². The lowest BCUT2D eigenvalue weighted by atomic mass is 10.0. The minimum absolute atomic E-state index is 0.688. The van der Waals surface area contributed by atoms with Crippen LogP contribution in [-0.4, -0.2) is 49.6 Å². The Kier molecular flexibility index (Phi) is 5.29. The average molecular weight is 252 g/mol. The topological polar surface area (TPSA) is 39.7 Å². The molecule has 2 heterocycles. The Hall–Kier alpha value is -0.770. The molecule has 1 unspecified atom stereocenters. The molecule has 1 saturated heterocycles. The first-order chi connectivity index (χ1) is 8.75. The van der Waals surface area contributed by atoms with Gasteiger partial charge in [-0.15, -0.1) is 0 Å². The van der Waals surface area contributed by atoms with E-state index in [-0.39, 0.29) is 0 Å². The Balaban J connectivity index is 1.79. The summed E-state index contributed by atoms with van der Waals surface area (Å²) in [6.07, 6.45) is 5.23. The van der Waals surface area contributed by atoms with Crippen molar-refractivity contribution >= 4 is 5.96 Å². The molecular weight excluding hydrogens is 224 g/mol. The fraction of sp³-hybridized carbons (Fsp3) is 0.929. The van der Waals surface area contributed by atoms with Crippen LogP contribution < -0.4 is 10.6 Å². The number of rotatable bonds is 4. The van der Waals surface area contributed by atoms with Gasteiger partial charge in [0, 0.05) is 32.2 Å². The molecule has 4 nitrogen and oxygen atoms in total. The zero-order valence-corrected chi connectivity index (χ0v) is 11.9. The van der Waals surface area contributed by atoms with Crippen molar-refractivity contribution in [1.82, 2.24) is 15.5 Å². The second-order valence-corrected chi connectivity index (χ2v) is 5.93. The van der Waals surface area contributed by atoms with Crippen molar-refractivity contribution in [3.8, 4) is 0 Å². The van der Waals surface area contributed by atoms with Gasteiger partial charge in [-0.1, -0.05) is 20.3 Å². The Labute approximate surface area is 111 Å². The third-order valence-corrected chi connectivity index (χ3v) is 3.75. The summed E-state index contributed by atoms with van der Waals surface area (Å²) in [4.78, 5) is 7.13. The molecule has 0 aromatic rings. The van der Waals surface area contributed by atoms with Crippen LogP contribution >= 0.6 is 0 Å². The fourth-order valence-corrected chi connectivity index (χ4v) is 2.87. The standard InChI is InChI=1S/C14H28N4/c1-12(2)11-18-9-4-3-6-13(18)10-17-14-15-7-5-8-16-14/h12-13H,3-11H2,1-2H3,(H2,15,16,17). The van der Waals surface area contributed by atoms with E-state index in [1.54, 1.807) is 0 Å². The molecule has 1 fully saturated rings. The van der Waals surface area contributed by atoms with Crippen LogP contribution in [0.15, 0.2) is 4.99 Å². The number of aliphatic imine (C=N–C) groups is 1. The summed E-state index contributed by atoms with van der Waals surface area (Å²) in [5.41, 5.74) is 0. The molecule has 0 aliphatic carbocycles. The lowest BCUT2D eigenvalue weighted by molar-refractivity contribution is 0.133. The van der Waals surface area contributed by atoms with Crippen molar-refractivity contribution in [2.75, 3.05) is 32.7 Å². The summed E-state index contributed by atoms with van der Waals surface area (Å²) in [6, 6.07) is 0.688. The van der Waals surface area contributed by atoms with Crippen molar-refractivity contribution in [3.63, 3.8) is 0 Å². The molecule has 2 aliphatic heterocycles. The minimum Gasteiger partial charge on any atom is -0.356 e. The number of nitrogens with one attached hydrogen (secondary N) is 2. The van der Waals surface area contributed by atoms with E-state index in [0.717, 1.165) is 37.9 Å². The highest BCUT2D eigenvalue weighted by Crippen LogP contribution is 2.17. The third-order valence-electron chi connectivity index (χ3n) is 3.75. The second-order valence-electron chi connectivity index (χ2n) is 5.93. The van der Waals surface area contributed by atoms with Gasteiger partial charge in [-0.2, -0.15) is 0 Å². The highest BCUT2D eigenvalue weighted by molar-refractivity contribution is 5.80. The second kappa shape index (κ2) is 6.98. The van der Waals surface area contributed by atoms with Crippen molar-refractivity contribution in [1.29, 1.82) is 0 Å². The highest BCUT2D eigenvalue weighted by atomic mass is 15.2. The predicted molar refractivity (Wildman–Crippen MR) is 77.0 cm³/mol. The molecule has 0 aromatic carbocycles. The van der Waals surface area contributed by atoms with Crippen LogP contribution in [0.1, 0.15) is 39.5 Å². The number of hydrogen-bond donors (Lipinski definition) is 2. The van der Waals surface area contributed by atoms with Gasteiger partial charge < -0.3 is 10.6 Å². The van der Waals surface area contributed by atoms with Crippen LogP contribution in [0.5, 0.6) is 0 Å². The summed E-state index contributed by atoms with van der Waals surface area (Å²) >= 11 is 0. The summed E-state index contributed by atoms with van der Waals surface area (Å²) in [5.74, 6) is 1.77. The van der Waals surface area contributed by atoms with Gasteiger partial charge in [0.15, 0.2) is 5.96 Å². The van der Waals surface area contributed by atoms with E-state index < -0.39 is 0 Å². The molecule has 2 rings (SSSR count). The molecule has 0 radical (unpaired) electrons. The molecule has 18 heavy (non-hydrogen) atoms. The van der Waals surface area contributed by atoms with Crippen LogP contribution in [0.2, 0.25) is 0 Å². The third kappa shape index (κ3) is 4.16. The quantitative estimate of drug-likeness (QED) is 0.795. The van der Waals surface area contributed by atoms with E-state index in [1.165, 1.54) is 32.4 Å². The first-order valence-corrected chi connectivity index (χ1v) is 7.52. The normalized spacial score (nSPS) is 25.7. The van der Waals surface area contributed by atoms with Crippen LogP contribution in [0.3, 0.4) is 0 Å². The SMILES string of the molecule is CC(C)CN1CCCCC1CNC1=NCCCN1. The molecular formula is C14H28N4. The zero-order valence-electron chi connectivity index (χ0n) is 11.9. The molecule has 0 saturated carbocycles. The molecule has 2 N–H and O–H groups in total.